The summed E-state index contributed by atoms with van der Waals surface area (Å²) in [5.41, 5.74) is 2.20. The minimum absolute atomic E-state index is 0.475. The average molecular weight is 265 g/mol. The van der Waals surface area contributed by atoms with Crippen molar-refractivity contribution in [2.75, 3.05) is 6.54 Å². The number of aryl methyl sites for hydroxylation is 2. The van der Waals surface area contributed by atoms with Gasteiger partial charge in [-0.05, 0) is 33.2 Å². The smallest absolute Gasteiger partial charge is 0.110 e. The second kappa shape index (κ2) is 4.48. The van der Waals surface area contributed by atoms with E-state index in [1.54, 1.807) is 22.7 Å². The number of thiazole rings is 2. The maximum absolute atomic E-state index is 4.76. The van der Waals surface area contributed by atoms with Gasteiger partial charge in [-0.2, -0.15) is 0 Å². The number of hydrogen-bond donors (Lipinski definition) is 1. The van der Waals surface area contributed by atoms with Gasteiger partial charge in [0.25, 0.3) is 0 Å². The molecule has 1 N–H and O–H groups in total. The summed E-state index contributed by atoms with van der Waals surface area (Å²) in [6, 6.07) is 0.475. The molecular weight excluding hydrogens is 250 g/mol. The average Bonchev–Trinajstić information content (AvgIpc) is 2.97. The summed E-state index contributed by atoms with van der Waals surface area (Å²) in [7, 11) is 0. The summed E-state index contributed by atoms with van der Waals surface area (Å²) in [5.74, 6) is 0. The molecule has 90 valence electrons. The third kappa shape index (κ3) is 2.14. The molecule has 1 atom stereocenters. The maximum Gasteiger partial charge on any atom is 0.110 e. The van der Waals surface area contributed by atoms with Crippen molar-refractivity contribution in [1.29, 1.82) is 0 Å². The van der Waals surface area contributed by atoms with E-state index in [0.717, 1.165) is 22.9 Å². The Morgan fingerprint density at radius 2 is 2.24 bits per heavy atom. The molecule has 1 saturated heterocycles. The minimum Gasteiger partial charge on any atom is -0.308 e. The van der Waals surface area contributed by atoms with Gasteiger partial charge in [0.2, 0.25) is 0 Å². The fourth-order valence-electron chi connectivity index (χ4n) is 2.22. The van der Waals surface area contributed by atoms with E-state index in [2.05, 4.69) is 22.6 Å². The predicted molar refractivity (Wildman–Crippen MR) is 72.7 cm³/mol. The third-order valence-corrected chi connectivity index (χ3v) is 5.07. The Morgan fingerprint density at radius 1 is 1.35 bits per heavy atom. The van der Waals surface area contributed by atoms with E-state index in [1.807, 2.05) is 6.92 Å². The fourth-order valence-corrected chi connectivity index (χ4v) is 4.09. The molecule has 2 aromatic rings. The van der Waals surface area contributed by atoms with Crippen LogP contribution in [0.5, 0.6) is 0 Å². The zero-order chi connectivity index (χ0) is 11.8. The van der Waals surface area contributed by atoms with Crippen molar-refractivity contribution in [2.45, 2.75) is 32.7 Å². The van der Waals surface area contributed by atoms with Gasteiger partial charge in [-0.25, -0.2) is 9.97 Å². The molecule has 0 spiro atoms. The molecule has 2 aromatic heterocycles. The molecule has 0 bridgehead atoms. The van der Waals surface area contributed by atoms with Crippen LogP contribution in [0.1, 0.15) is 34.6 Å². The fraction of sp³-hybridized carbons (Fsp3) is 0.500. The highest BCUT2D eigenvalue weighted by Gasteiger charge is 2.20. The highest BCUT2D eigenvalue weighted by Crippen LogP contribution is 2.33. The lowest BCUT2D eigenvalue weighted by molar-refractivity contribution is 0.643. The van der Waals surface area contributed by atoms with E-state index in [4.69, 9.17) is 4.98 Å². The van der Waals surface area contributed by atoms with Gasteiger partial charge in [0.05, 0.1) is 27.3 Å². The van der Waals surface area contributed by atoms with E-state index in [9.17, 15) is 0 Å². The molecule has 0 saturated carbocycles. The Balaban J connectivity index is 1.91. The molecule has 1 aliphatic heterocycles. The van der Waals surface area contributed by atoms with Gasteiger partial charge in [0.15, 0.2) is 0 Å². The zero-order valence-corrected chi connectivity index (χ0v) is 11.6. The van der Waals surface area contributed by atoms with Crippen LogP contribution < -0.4 is 5.32 Å². The van der Waals surface area contributed by atoms with Crippen LogP contribution in [0, 0.1) is 13.8 Å². The van der Waals surface area contributed by atoms with Crippen molar-refractivity contribution in [1.82, 2.24) is 15.3 Å². The first-order chi connectivity index (χ1) is 8.24. The lowest BCUT2D eigenvalue weighted by Gasteiger charge is -2.04. The van der Waals surface area contributed by atoms with E-state index < -0.39 is 0 Å². The highest BCUT2D eigenvalue weighted by atomic mass is 32.1. The monoisotopic (exact) mass is 265 g/mol. The first-order valence-corrected chi connectivity index (χ1v) is 7.57. The molecule has 1 aliphatic rings. The zero-order valence-electron chi connectivity index (χ0n) is 9.99. The number of rotatable bonds is 2. The first kappa shape index (κ1) is 11.3. The molecule has 5 heteroatoms. The van der Waals surface area contributed by atoms with Crippen LogP contribution in [0.25, 0.3) is 10.6 Å². The molecule has 3 heterocycles. The maximum atomic E-state index is 4.76. The molecule has 1 fully saturated rings. The summed E-state index contributed by atoms with van der Waals surface area (Å²) in [6.07, 6.45) is 2.48. The Bertz CT molecular complexity index is 524. The first-order valence-electron chi connectivity index (χ1n) is 5.87. The van der Waals surface area contributed by atoms with Crippen molar-refractivity contribution < 1.29 is 0 Å². The van der Waals surface area contributed by atoms with Crippen molar-refractivity contribution in [3.8, 4) is 10.6 Å². The Kier molecular flexibility index (Phi) is 2.98. The van der Waals surface area contributed by atoms with Gasteiger partial charge in [0, 0.05) is 5.38 Å². The molecule has 3 rings (SSSR count). The Labute approximate surface area is 109 Å². The lowest BCUT2D eigenvalue weighted by Crippen LogP contribution is -2.12. The second-order valence-electron chi connectivity index (χ2n) is 4.37. The van der Waals surface area contributed by atoms with Gasteiger partial charge in [-0.3, -0.25) is 0 Å². The summed E-state index contributed by atoms with van der Waals surface area (Å²) < 4.78 is 0. The normalized spacial score (nSPS) is 20.0. The van der Waals surface area contributed by atoms with Crippen molar-refractivity contribution in [3.05, 3.63) is 21.1 Å². The van der Waals surface area contributed by atoms with Gasteiger partial charge in [-0.1, -0.05) is 0 Å². The van der Waals surface area contributed by atoms with Gasteiger partial charge >= 0.3 is 0 Å². The summed E-state index contributed by atoms with van der Waals surface area (Å²) >= 11 is 3.50. The number of aromatic nitrogens is 2. The predicted octanol–water partition coefficient (Wildman–Crippen LogP) is 3.31. The molecule has 0 radical (unpaired) electrons. The van der Waals surface area contributed by atoms with Gasteiger partial charge in [-0.15, -0.1) is 22.7 Å². The van der Waals surface area contributed by atoms with Crippen molar-refractivity contribution in [3.63, 3.8) is 0 Å². The number of nitrogens with one attached hydrogen (secondary N) is 1. The second-order valence-corrected chi connectivity index (χ2v) is 6.46. The standard InChI is InChI=1S/C12H15N3S2/c1-7-11(17-8(2)14-7)10-6-16-12(15-10)9-4-3-5-13-9/h6,9,13H,3-5H2,1-2H3. The number of hydrogen-bond acceptors (Lipinski definition) is 5. The largest absolute Gasteiger partial charge is 0.308 e. The van der Waals surface area contributed by atoms with Crippen LogP contribution in [0.4, 0.5) is 0 Å². The van der Waals surface area contributed by atoms with Crippen LogP contribution in [0.2, 0.25) is 0 Å². The van der Waals surface area contributed by atoms with E-state index >= 15 is 0 Å². The lowest BCUT2D eigenvalue weighted by atomic mass is 10.2. The molecule has 0 aromatic carbocycles. The summed E-state index contributed by atoms with van der Waals surface area (Å²) in [6.45, 7) is 5.23. The van der Waals surface area contributed by atoms with Gasteiger partial charge < -0.3 is 5.32 Å². The van der Waals surface area contributed by atoms with Crippen LogP contribution in [0.15, 0.2) is 5.38 Å². The Morgan fingerprint density at radius 3 is 2.88 bits per heavy atom. The molecule has 0 aliphatic carbocycles. The molecule has 3 nitrogen and oxygen atoms in total. The quantitative estimate of drug-likeness (QED) is 0.905. The van der Waals surface area contributed by atoms with Gasteiger partial charge in [0.1, 0.15) is 5.01 Å². The SMILES string of the molecule is Cc1nc(C)c(-c2csc(C3CCCN3)n2)s1. The van der Waals surface area contributed by atoms with Crippen molar-refractivity contribution in [2.24, 2.45) is 0 Å². The highest BCUT2D eigenvalue weighted by molar-refractivity contribution is 7.16. The third-order valence-electron chi connectivity index (χ3n) is 3.02. The Hall–Kier alpha value is -0.780. The summed E-state index contributed by atoms with van der Waals surface area (Å²) in [5, 5.41) is 8.00. The molecule has 17 heavy (non-hydrogen) atoms. The number of nitrogens with zero attached hydrogens (tertiary/aromatic N) is 2. The van der Waals surface area contributed by atoms with E-state index in [-0.39, 0.29) is 0 Å². The topological polar surface area (TPSA) is 37.8 Å². The van der Waals surface area contributed by atoms with Crippen LogP contribution in [-0.2, 0) is 0 Å². The van der Waals surface area contributed by atoms with Crippen LogP contribution in [0.3, 0.4) is 0 Å². The van der Waals surface area contributed by atoms with E-state index in [0.29, 0.717) is 6.04 Å². The van der Waals surface area contributed by atoms with E-state index in [1.165, 1.54) is 22.7 Å². The minimum atomic E-state index is 0.475. The molecular formula is C12H15N3S2. The molecule has 1 unspecified atom stereocenters. The van der Waals surface area contributed by atoms with Crippen molar-refractivity contribution >= 4 is 22.7 Å². The van der Waals surface area contributed by atoms with Crippen LogP contribution in [-0.4, -0.2) is 16.5 Å². The van der Waals surface area contributed by atoms with Crippen LogP contribution >= 0.6 is 22.7 Å². The molecule has 0 amide bonds. The summed E-state index contributed by atoms with van der Waals surface area (Å²) in [4.78, 5) is 10.4.